The van der Waals surface area contributed by atoms with Crippen molar-refractivity contribution in [2.75, 3.05) is 40.5 Å². The average molecular weight is 508 g/mol. The van der Waals surface area contributed by atoms with Crippen LogP contribution in [-0.2, 0) is 16.0 Å². The molecule has 1 unspecified atom stereocenters. The molecule has 5 N–H and O–H groups in total. The number of hydrogen-bond acceptors (Lipinski definition) is 7. The Morgan fingerprint density at radius 2 is 1.83 bits per heavy atom. The summed E-state index contributed by atoms with van der Waals surface area (Å²) in [6.45, 7) is 11.2. The molecule has 8 nitrogen and oxygen atoms in total. The smallest absolute Gasteiger partial charge is 0.223 e. The highest BCUT2D eigenvalue weighted by molar-refractivity contribution is 5.79. The van der Waals surface area contributed by atoms with Crippen LogP contribution in [0.1, 0.15) is 52.5 Å². The van der Waals surface area contributed by atoms with E-state index in [1.54, 1.807) is 14.2 Å². The number of ether oxygens (including phenoxy) is 3. The summed E-state index contributed by atoms with van der Waals surface area (Å²) in [5, 5.41) is 17.2. The minimum atomic E-state index is -0.737. The Labute approximate surface area is 217 Å². The van der Waals surface area contributed by atoms with Gasteiger partial charge < -0.3 is 35.7 Å². The molecule has 36 heavy (non-hydrogen) atoms. The van der Waals surface area contributed by atoms with E-state index in [1.807, 2.05) is 26.0 Å². The van der Waals surface area contributed by atoms with Crippen LogP contribution in [0.5, 0.6) is 11.5 Å². The third-order valence-electron chi connectivity index (χ3n) is 7.25. The fourth-order valence-corrected chi connectivity index (χ4v) is 4.56. The summed E-state index contributed by atoms with van der Waals surface area (Å²) in [4.78, 5) is 12.8. The lowest BCUT2D eigenvalue weighted by Crippen LogP contribution is -2.58. The molecule has 8 heteroatoms. The standard InChI is InChI=1S/C28H49N3O5/c1-18(2)21(12-20-8-9-26(35-6)27(13-20)36-11-7-10-34-5)14-24(29)25(32)15-23(19(3)4)28(33)31-22-16-30-17-22/h8-9,13,18-19,21-25,30,32H,7,10-12,14-17,29H2,1-6H3,(H,31,33)/t21-,23-,24-,25?/m0/s1. The van der Waals surface area contributed by atoms with Crippen LogP contribution in [0.15, 0.2) is 18.2 Å². The number of carbonyl (C=O) groups excluding carboxylic acids is 1. The number of hydrogen-bond donors (Lipinski definition) is 4. The molecule has 1 heterocycles. The molecule has 1 saturated heterocycles. The molecule has 1 aromatic carbocycles. The van der Waals surface area contributed by atoms with Gasteiger partial charge in [0.05, 0.1) is 25.9 Å². The first-order valence-corrected chi connectivity index (χ1v) is 13.4. The Morgan fingerprint density at radius 1 is 1.11 bits per heavy atom. The topological polar surface area (TPSA) is 115 Å². The molecule has 1 aliphatic heterocycles. The zero-order valence-corrected chi connectivity index (χ0v) is 23.1. The number of amides is 1. The minimum Gasteiger partial charge on any atom is -0.493 e. The summed E-state index contributed by atoms with van der Waals surface area (Å²) >= 11 is 0. The molecule has 0 aromatic heterocycles. The van der Waals surface area contributed by atoms with Crippen LogP contribution < -0.4 is 25.8 Å². The summed E-state index contributed by atoms with van der Waals surface area (Å²) in [6, 6.07) is 5.83. The molecule has 1 fully saturated rings. The molecule has 4 atom stereocenters. The highest BCUT2D eigenvalue weighted by Gasteiger charge is 2.31. The maximum Gasteiger partial charge on any atom is 0.223 e. The van der Waals surface area contributed by atoms with Crippen molar-refractivity contribution in [3.63, 3.8) is 0 Å². The maximum absolute atomic E-state index is 12.8. The van der Waals surface area contributed by atoms with E-state index in [1.165, 1.54) is 0 Å². The summed E-state index contributed by atoms with van der Waals surface area (Å²) in [5.74, 6) is 1.97. The van der Waals surface area contributed by atoms with Crippen molar-refractivity contribution >= 4 is 5.91 Å². The molecular formula is C28H49N3O5. The maximum atomic E-state index is 12.8. The van der Waals surface area contributed by atoms with Crippen LogP contribution in [0.3, 0.4) is 0 Å². The van der Waals surface area contributed by atoms with Gasteiger partial charge in [-0.25, -0.2) is 0 Å². The molecule has 206 valence electrons. The Hall–Kier alpha value is -1.87. The van der Waals surface area contributed by atoms with E-state index in [9.17, 15) is 9.90 Å². The quantitative estimate of drug-likeness (QED) is 0.240. The van der Waals surface area contributed by atoms with Crippen LogP contribution in [0.2, 0.25) is 0 Å². The molecule has 1 aliphatic rings. The Bertz CT molecular complexity index is 784. The first-order chi connectivity index (χ1) is 17.2. The highest BCUT2D eigenvalue weighted by Crippen LogP contribution is 2.31. The summed E-state index contributed by atoms with van der Waals surface area (Å²) < 4.78 is 16.5. The predicted molar refractivity (Wildman–Crippen MR) is 143 cm³/mol. The van der Waals surface area contributed by atoms with Gasteiger partial charge >= 0.3 is 0 Å². The van der Waals surface area contributed by atoms with Crippen molar-refractivity contribution in [3.05, 3.63) is 23.8 Å². The Kier molecular flexibility index (Phi) is 13.0. The fraction of sp³-hybridized carbons (Fsp3) is 0.750. The lowest BCUT2D eigenvalue weighted by atomic mass is 9.80. The molecule has 1 aromatic rings. The SMILES string of the molecule is COCCCOc1cc(C[C@@H](C[C@H](N)C(O)C[C@H](C(=O)NC2CNC2)C(C)C)C(C)C)ccc1OC. The summed E-state index contributed by atoms with van der Waals surface area (Å²) in [7, 11) is 3.32. The van der Waals surface area contributed by atoms with Crippen LogP contribution in [-0.4, -0.2) is 69.7 Å². The number of aliphatic hydroxyl groups is 1. The van der Waals surface area contributed by atoms with E-state index in [4.69, 9.17) is 19.9 Å². The number of nitrogens with two attached hydrogens (primary N) is 1. The van der Waals surface area contributed by atoms with Gasteiger partial charge in [-0.1, -0.05) is 33.8 Å². The molecular weight excluding hydrogens is 458 g/mol. The van der Waals surface area contributed by atoms with E-state index in [0.717, 1.165) is 37.2 Å². The molecule has 0 saturated carbocycles. The highest BCUT2D eigenvalue weighted by atomic mass is 16.5. The van der Waals surface area contributed by atoms with E-state index in [0.29, 0.717) is 37.7 Å². The Morgan fingerprint density at radius 3 is 2.39 bits per heavy atom. The molecule has 0 aliphatic carbocycles. The van der Waals surface area contributed by atoms with Crippen molar-refractivity contribution in [1.29, 1.82) is 0 Å². The number of nitrogens with one attached hydrogen (secondary N) is 2. The second-order valence-electron chi connectivity index (χ2n) is 10.8. The third kappa shape index (κ3) is 9.54. The summed E-state index contributed by atoms with van der Waals surface area (Å²) in [6.07, 6.45) is 1.93. The van der Waals surface area contributed by atoms with Gasteiger partial charge in [0.1, 0.15) is 0 Å². The average Bonchev–Trinajstić information content (AvgIpc) is 2.81. The van der Waals surface area contributed by atoms with Crippen molar-refractivity contribution in [1.82, 2.24) is 10.6 Å². The monoisotopic (exact) mass is 507 g/mol. The van der Waals surface area contributed by atoms with Gasteiger partial charge in [-0.15, -0.1) is 0 Å². The molecule has 2 rings (SSSR count). The molecule has 0 spiro atoms. The number of methoxy groups -OCH3 is 2. The van der Waals surface area contributed by atoms with Crippen LogP contribution in [0.4, 0.5) is 0 Å². The van der Waals surface area contributed by atoms with Gasteiger partial charge in [-0.05, 0) is 54.7 Å². The number of rotatable bonds is 17. The van der Waals surface area contributed by atoms with Crippen molar-refractivity contribution in [2.45, 2.75) is 71.6 Å². The number of benzene rings is 1. The van der Waals surface area contributed by atoms with Crippen molar-refractivity contribution < 1.29 is 24.1 Å². The lowest BCUT2D eigenvalue weighted by molar-refractivity contribution is -0.128. The summed E-state index contributed by atoms with van der Waals surface area (Å²) in [5.41, 5.74) is 7.66. The van der Waals surface area contributed by atoms with E-state index < -0.39 is 12.1 Å². The van der Waals surface area contributed by atoms with Crippen LogP contribution in [0.25, 0.3) is 0 Å². The van der Waals surface area contributed by atoms with Crippen LogP contribution >= 0.6 is 0 Å². The second-order valence-corrected chi connectivity index (χ2v) is 10.8. The van der Waals surface area contributed by atoms with Gasteiger partial charge in [0.15, 0.2) is 11.5 Å². The molecule has 0 bridgehead atoms. The van der Waals surface area contributed by atoms with Gasteiger partial charge in [0.25, 0.3) is 0 Å². The number of carbonyl (C=O) groups is 1. The second kappa shape index (κ2) is 15.4. The first-order valence-electron chi connectivity index (χ1n) is 13.4. The number of aliphatic hydroxyl groups excluding tert-OH is 1. The Balaban J connectivity index is 2.00. The van der Waals surface area contributed by atoms with Crippen molar-refractivity contribution in [3.8, 4) is 11.5 Å². The third-order valence-corrected chi connectivity index (χ3v) is 7.25. The normalized spacial score (nSPS) is 17.4. The van der Waals surface area contributed by atoms with Gasteiger partial charge in [-0.2, -0.15) is 0 Å². The largest absolute Gasteiger partial charge is 0.493 e. The van der Waals surface area contributed by atoms with Gasteiger partial charge in [0, 0.05) is 45.2 Å². The first kappa shape index (κ1) is 30.4. The zero-order valence-electron chi connectivity index (χ0n) is 23.1. The van der Waals surface area contributed by atoms with Crippen molar-refractivity contribution in [2.24, 2.45) is 29.4 Å². The van der Waals surface area contributed by atoms with Gasteiger partial charge in [0.2, 0.25) is 5.91 Å². The molecule has 1 amide bonds. The molecule has 0 radical (unpaired) electrons. The van der Waals surface area contributed by atoms with E-state index in [2.05, 4.69) is 30.5 Å². The van der Waals surface area contributed by atoms with Crippen LogP contribution in [0, 0.1) is 23.7 Å². The van der Waals surface area contributed by atoms with E-state index >= 15 is 0 Å². The zero-order chi connectivity index (χ0) is 26.7. The minimum absolute atomic E-state index is 0.0134. The van der Waals surface area contributed by atoms with E-state index in [-0.39, 0.29) is 29.7 Å². The lowest BCUT2D eigenvalue weighted by Gasteiger charge is -2.33. The fourth-order valence-electron chi connectivity index (χ4n) is 4.56. The van der Waals surface area contributed by atoms with Gasteiger partial charge in [-0.3, -0.25) is 4.79 Å². The predicted octanol–water partition coefficient (Wildman–Crippen LogP) is 2.75.